The third-order valence-corrected chi connectivity index (χ3v) is 3.88. The molecule has 0 spiro atoms. The minimum atomic E-state index is -0.196. The first-order valence-electron chi connectivity index (χ1n) is 6.96. The van der Waals surface area contributed by atoms with E-state index in [1.807, 2.05) is 13.1 Å². The van der Waals surface area contributed by atoms with Gasteiger partial charge < -0.3 is 15.4 Å². The van der Waals surface area contributed by atoms with Crippen molar-refractivity contribution in [3.05, 3.63) is 29.6 Å². The van der Waals surface area contributed by atoms with Gasteiger partial charge in [0.15, 0.2) is 0 Å². The number of nitrogens with two attached hydrogens (primary N) is 1. The lowest BCUT2D eigenvalue weighted by Crippen LogP contribution is -2.33. The predicted molar refractivity (Wildman–Crippen MR) is 76.0 cm³/mol. The number of nitrogens with zero attached hydrogens (tertiary/aromatic N) is 1. The Kier molecular flexibility index (Phi) is 4.77. The number of benzene rings is 1. The summed E-state index contributed by atoms with van der Waals surface area (Å²) in [7, 11) is 2.05. The zero-order chi connectivity index (χ0) is 13.8. The van der Waals surface area contributed by atoms with Crippen LogP contribution in [0, 0.1) is 5.82 Å². The SMILES string of the molecule is CCC(N)Cc1cc(F)ccc1N(C)C1CCOC1. The van der Waals surface area contributed by atoms with Crippen molar-refractivity contribution in [3.63, 3.8) is 0 Å². The topological polar surface area (TPSA) is 38.5 Å². The van der Waals surface area contributed by atoms with Crippen LogP contribution in [-0.4, -0.2) is 32.3 Å². The van der Waals surface area contributed by atoms with Gasteiger partial charge in [-0.3, -0.25) is 0 Å². The van der Waals surface area contributed by atoms with Crippen molar-refractivity contribution in [2.45, 2.75) is 38.3 Å². The molecule has 2 rings (SSSR count). The van der Waals surface area contributed by atoms with Crippen LogP contribution in [0.25, 0.3) is 0 Å². The highest BCUT2D eigenvalue weighted by molar-refractivity contribution is 5.54. The third-order valence-electron chi connectivity index (χ3n) is 3.88. The molecule has 2 N–H and O–H groups in total. The largest absolute Gasteiger partial charge is 0.379 e. The van der Waals surface area contributed by atoms with E-state index >= 15 is 0 Å². The molecule has 1 aliphatic heterocycles. The zero-order valence-corrected chi connectivity index (χ0v) is 11.7. The van der Waals surface area contributed by atoms with Gasteiger partial charge in [0.25, 0.3) is 0 Å². The summed E-state index contributed by atoms with van der Waals surface area (Å²) >= 11 is 0. The van der Waals surface area contributed by atoms with Crippen LogP contribution in [0.1, 0.15) is 25.3 Å². The molecule has 1 saturated heterocycles. The van der Waals surface area contributed by atoms with Crippen molar-refractivity contribution in [2.75, 3.05) is 25.2 Å². The maximum atomic E-state index is 13.5. The molecule has 0 aliphatic carbocycles. The van der Waals surface area contributed by atoms with Crippen LogP contribution in [0.5, 0.6) is 0 Å². The summed E-state index contributed by atoms with van der Waals surface area (Å²) in [6.07, 6.45) is 2.63. The summed E-state index contributed by atoms with van der Waals surface area (Å²) in [4.78, 5) is 2.20. The predicted octanol–water partition coefficient (Wildman–Crippen LogP) is 2.33. The summed E-state index contributed by atoms with van der Waals surface area (Å²) in [5.41, 5.74) is 8.07. The molecule has 0 aromatic heterocycles. The molecule has 106 valence electrons. The molecule has 0 bridgehead atoms. The van der Waals surface area contributed by atoms with Crippen LogP contribution < -0.4 is 10.6 Å². The number of halogens is 1. The van der Waals surface area contributed by atoms with Crippen LogP contribution in [0.3, 0.4) is 0 Å². The molecule has 4 heteroatoms. The van der Waals surface area contributed by atoms with E-state index < -0.39 is 0 Å². The van der Waals surface area contributed by atoms with E-state index in [1.165, 1.54) is 6.07 Å². The fourth-order valence-electron chi connectivity index (χ4n) is 2.51. The zero-order valence-electron chi connectivity index (χ0n) is 11.7. The van der Waals surface area contributed by atoms with Crippen LogP contribution >= 0.6 is 0 Å². The van der Waals surface area contributed by atoms with Gasteiger partial charge in [0.05, 0.1) is 12.6 Å². The third kappa shape index (κ3) is 3.45. The maximum Gasteiger partial charge on any atom is 0.123 e. The number of ether oxygens (including phenoxy) is 1. The molecule has 1 fully saturated rings. The standard InChI is InChI=1S/C15H23FN2O/c1-3-13(17)9-11-8-12(16)4-5-15(11)18(2)14-6-7-19-10-14/h4-5,8,13-14H,3,6-7,9-10,17H2,1-2H3. The van der Waals surface area contributed by atoms with Crippen molar-refractivity contribution in [1.82, 2.24) is 0 Å². The maximum absolute atomic E-state index is 13.5. The first-order chi connectivity index (χ1) is 9.11. The van der Waals surface area contributed by atoms with Gasteiger partial charge in [-0.1, -0.05) is 6.92 Å². The van der Waals surface area contributed by atoms with E-state index in [4.69, 9.17) is 10.5 Å². The highest BCUT2D eigenvalue weighted by atomic mass is 19.1. The van der Waals surface area contributed by atoms with Crippen molar-refractivity contribution >= 4 is 5.69 Å². The van der Waals surface area contributed by atoms with E-state index in [2.05, 4.69) is 11.8 Å². The number of likely N-dealkylation sites (N-methyl/N-ethyl adjacent to an activating group) is 1. The molecule has 1 aromatic carbocycles. The minimum absolute atomic E-state index is 0.0776. The van der Waals surface area contributed by atoms with Gasteiger partial charge in [0, 0.05) is 25.4 Å². The average molecular weight is 266 g/mol. The molecule has 2 unspecified atom stereocenters. The second-order valence-corrected chi connectivity index (χ2v) is 5.27. The summed E-state index contributed by atoms with van der Waals surface area (Å²) in [5, 5.41) is 0. The Balaban J connectivity index is 2.22. The van der Waals surface area contributed by atoms with Crippen molar-refractivity contribution < 1.29 is 9.13 Å². The Morgan fingerprint density at radius 1 is 1.53 bits per heavy atom. The van der Waals surface area contributed by atoms with Gasteiger partial charge in [0.2, 0.25) is 0 Å². The lowest BCUT2D eigenvalue weighted by molar-refractivity contribution is 0.193. The van der Waals surface area contributed by atoms with Gasteiger partial charge in [0.1, 0.15) is 5.82 Å². The van der Waals surface area contributed by atoms with E-state index in [0.717, 1.165) is 37.3 Å². The molecule has 1 heterocycles. The summed E-state index contributed by atoms with van der Waals surface area (Å²) < 4.78 is 18.9. The summed E-state index contributed by atoms with van der Waals surface area (Å²) in [6, 6.07) is 5.43. The van der Waals surface area contributed by atoms with Crippen molar-refractivity contribution in [2.24, 2.45) is 5.73 Å². The number of hydrogen-bond donors (Lipinski definition) is 1. The van der Waals surface area contributed by atoms with Gasteiger partial charge in [-0.15, -0.1) is 0 Å². The molecule has 0 saturated carbocycles. The lowest BCUT2D eigenvalue weighted by atomic mass is 10.0. The van der Waals surface area contributed by atoms with Gasteiger partial charge in [-0.05, 0) is 43.0 Å². The van der Waals surface area contributed by atoms with E-state index in [1.54, 1.807) is 6.07 Å². The number of rotatable bonds is 5. The van der Waals surface area contributed by atoms with Gasteiger partial charge in [-0.2, -0.15) is 0 Å². The number of anilines is 1. The molecule has 0 radical (unpaired) electrons. The fourth-order valence-corrected chi connectivity index (χ4v) is 2.51. The Hall–Kier alpha value is -1.13. The first kappa shape index (κ1) is 14.3. The molecule has 1 aliphatic rings. The molecule has 19 heavy (non-hydrogen) atoms. The summed E-state index contributed by atoms with van der Waals surface area (Å²) in [5.74, 6) is -0.196. The fraction of sp³-hybridized carbons (Fsp3) is 0.600. The van der Waals surface area contributed by atoms with Crippen molar-refractivity contribution in [3.8, 4) is 0 Å². The van der Waals surface area contributed by atoms with E-state index in [9.17, 15) is 4.39 Å². The average Bonchev–Trinajstić information content (AvgIpc) is 2.92. The lowest BCUT2D eigenvalue weighted by Gasteiger charge is -2.28. The van der Waals surface area contributed by atoms with Crippen LogP contribution in [0.4, 0.5) is 10.1 Å². The first-order valence-corrected chi connectivity index (χ1v) is 6.96. The summed E-state index contributed by atoms with van der Waals surface area (Å²) in [6.45, 7) is 3.60. The molecule has 1 aromatic rings. The van der Waals surface area contributed by atoms with E-state index in [0.29, 0.717) is 12.5 Å². The highest BCUT2D eigenvalue weighted by Crippen LogP contribution is 2.26. The van der Waals surface area contributed by atoms with Crippen molar-refractivity contribution in [1.29, 1.82) is 0 Å². The molecule has 3 nitrogen and oxygen atoms in total. The normalized spacial score (nSPS) is 20.5. The number of hydrogen-bond acceptors (Lipinski definition) is 3. The smallest absolute Gasteiger partial charge is 0.123 e. The van der Waals surface area contributed by atoms with Crippen LogP contribution in [0.15, 0.2) is 18.2 Å². The van der Waals surface area contributed by atoms with Gasteiger partial charge in [-0.25, -0.2) is 4.39 Å². The molecule has 2 atom stereocenters. The second-order valence-electron chi connectivity index (χ2n) is 5.27. The Morgan fingerprint density at radius 2 is 2.32 bits per heavy atom. The van der Waals surface area contributed by atoms with E-state index in [-0.39, 0.29) is 11.9 Å². The molecular formula is C15H23FN2O. The highest BCUT2D eigenvalue weighted by Gasteiger charge is 2.22. The molecular weight excluding hydrogens is 243 g/mol. The molecule has 0 amide bonds. The second kappa shape index (κ2) is 6.35. The van der Waals surface area contributed by atoms with Crippen LogP contribution in [0.2, 0.25) is 0 Å². The Labute approximate surface area is 114 Å². The Morgan fingerprint density at radius 3 is 2.95 bits per heavy atom. The Bertz CT molecular complexity index is 419. The van der Waals surface area contributed by atoms with Gasteiger partial charge >= 0.3 is 0 Å². The quantitative estimate of drug-likeness (QED) is 0.889. The monoisotopic (exact) mass is 266 g/mol. The minimum Gasteiger partial charge on any atom is -0.379 e. The van der Waals surface area contributed by atoms with Crippen LogP contribution in [-0.2, 0) is 11.2 Å².